The molecule has 3 aromatic rings. The lowest BCUT2D eigenvalue weighted by Gasteiger charge is -2.12. The van der Waals surface area contributed by atoms with Crippen LogP contribution in [0.4, 0.5) is 0 Å². The lowest BCUT2D eigenvalue weighted by Crippen LogP contribution is -2.00. The number of benzene rings is 3. The highest BCUT2D eigenvalue weighted by atomic mass is 35.5. The number of hydrogen-bond donors (Lipinski definition) is 1. The largest absolute Gasteiger partial charge is 0.488 e. The molecule has 3 aromatic carbocycles. The van der Waals surface area contributed by atoms with Gasteiger partial charge in [0, 0.05) is 17.0 Å². The first-order valence-corrected chi connectivity index (χ1v) is 7.23. The average Bonchev–Trinajstić information content (AvgIpc) is 2.52. The SMILES string of the molecule is NCc1ccc(OCc2cccc(Cl)c2)c2ccccc12. The van der Waals surface area contributed by atoms with Gasteiger partial charge in [-0.1, -0.05) is 54.1 Å². The van der Waals surface area contributed by atoms with Gasteiger partial charge in [0.15, 0.2) is 0 Å². The molecule has 0 spiro atoms. The third-order valence-corrected chi connectivity index (χ3v) is 3.71. The van der Waals surface area contributed by atoms with Crippen molar-refractivity contribution in [3.63, 3.8) is 0 Å². The van der Waals surface area contributed by atoms with Gasteiger partial charge in [0.2, 0.25) is 0 Å². The number of ether oxygens (including phenoxy) is 1. The van der Waals surface area contributed by atoms with Crippen molar-refractivity contribution in [2.24, 2.45) is 5.73 Å². The summed E-state index contributed by atoms with van der Waals surface area (Å²) in [4.78, 5) is 0. The third kappa shape index (κ3) is 3.02. The third-order valence-electron chi connectivity index (χ3n) is 3.48. The van der Waals surface area contributed by atoms with E-state index in [4.69, 9.17) is 22.1 Å². The van der Waals surface area contributed by atoms with Crippen molar-refractivity contribution >= 4 is 22.4 Å². The molecule has 3 heteroatoms. The van der Waals surface area contributed by atoms with Crippen molar-refractivity contribution in [2.75, 3.05) is 0 Å². The maximum Gasteiger partial charge on any atom is 0.127 e. The van der Waals surface area contributed by atoms with Gasteiger partial charge in [-0.25, -0.2) is 0 Å². The van der Waals surface area contributed by atoms with Gasteiger partial charge in [-0.15, -0.1) is 0 Å². The van der Waals surface area contributed by atoms with Gasteiger partial charge in [-0.05, 0) is 34.7 Å². The molecule has 0 atom stereocenters. The van der Waals surface area contributed by atoms with Crippen molar-refractivity contribution < 1.29 is 4.74 Å². The van der Waals surface area contributed by atoms with Crippen LogP contribution in [0.25, 0.3) is 10.8 Å². The molecule has 0 aliphatic carbocycles. The topological polar surface area (TPSA) is 35.2 Å². The van der Waals surface area contributed by atoms with Crippen LogP contribution in [0.5, 0.6) is 5.75 Å². The van der Waals surface area contributed by atoms with E-state index >= 15 is 0 Å². The van der Waals surface area contributed by atoms with Crippen LogP contribution in [-0.4, -0.2) is 0 Å². The quantitative estimate of drug-likeness (QED) is 0.768. The monoisotopic (exact) mass is 297 g/mol. The Morgan fingerprint density at radius 2 is 1.71 bits per heavy atom. The van der Waals surface area contributed by atoms with Gasteiger partial charge in [0.05, 0.1) is 0 Å². The van der Waals surface area contributed by atoms with E-state index in [2.05, 4.69) is 12.1 Å². The van der Waals surface area contributed by atoms with E-state index < -0.39 is 0 Å². The zero-order chi connectivity index (χ0) is 14.7. The Bertz CT molecular complexity index is 770. The second-order valence-corrected chi connectivity index (χ2v) is 5.33. The highest BCUT2D eigenvalue weighted by Crippen LogP contribution is 2.29. The number of hydrogen-bond acceptors (Lipinski definition) is 2. The maximum atomic E-state index is 5.99. The van der Waals surface area contributed by atoms with Crippen molar-refractivity contribution in [1.82, 2.24) is 0 Å². The van der Waals surface area contributed by atoms with Crippen LogP contribution in [0, 0.1) is 0 Å². The van der Waals surface area contributed by atoms with Crippen molar-refractivity contribution in [1.29, 1.82) is 0 Å². The smallest absolute Gasteiger partial charge is 0.127 e. The first-order chi connectivity index (χ1) is 10.3. The zero-order valence-electron chi connectivity index (χ0n) is 11.6. The van der Waals surface area contributed by atoms with E-state index in [9.17, 15) is 0 Å². The fraction of sp³-hybridized carbons (Fsp3) is 0.111. The summed E-state index contributed by atoms with van der Waals surface area (Å²) < 4.78 is 5.96. The van der Waals surface area contributed by atoms with Crippen molar-refractivity contribution in [3.05, 3.63) is 76.8 Å². The normalized spacial score (nSPS) is 10.8. The molecule has 0 aliphatic heterocycles. The molecular formula is C18H16ClNO. The van der Waals surface area contributed by atoms with E-state index in [-0.39, 0.29) is 0 Å². The van der Waals surface area contributed by atoms with Crippen LogP contribution in [0.1, 0.15) is 11.1 Å². The second-order valence-electron chi connectivity index (χ2n) is 4.89. The van der Waals surface area contributed by atoms with Crippen molar-refractivity contribution in [2.45, 2.75) is 13.2 Å². The minimum absolute atomic E-state index is 0.493. The number of rotatable bonds is 4. The van der Waals surface area contributed by atoms with Crippen LogP contribution in [0.2, 0.25) is 5.02 Å². The molecule has 106 valence electrons. The minimum Gasteiger partial charge on any atom is -0.488 e. The molecular weight excluding hydrogens is 282 g/mol. The zero-order valence-corrected chi connectivity index (χ0v) is 12.3. The summed E-state index contributed by atoms with van der Waals surface area (Å²) in [5, 5.41) is 2.95. The highest BCUT2D eigenvalue weighted by molar-refractivity contribution is 6.30. The van der Waals surface area contributed by atoms with Gasteiger partial charge in [-0.3, -0.25) is 0 Å². The lowest BCUT2D eigenvalue weighted by molar-refractivity contribution is 0.310. The predicted molar refractivity (Wildman–Crippen MR) is 87.6 cm³/mol. The molecule has 0 aliphatic rings. The summed E-state index contributed by atoms with van der Waals surface area (Å²) in [5.74, 6) is 0.864. The molecule has 21 heavy (non-hydrogen) atoms. The Labute approximate surface area is 129 Å². The Morgan fingerprint density at radius 1 is 0.905 bits per heavy atom. The molecule has 0 saturated heterocycles. The summed E-state index contributed by atoms with van der Waals surface area (Å²) in [6, 6.07) is 19.9. The average molecular weight is 298 g/mol. The van der Waals surface area contributed by atoms with Gasteiger partial charge >= 0.3 is 0 Å². The number of nitrogens with two attached hydrogens (primary N) is 1. The summed E-state index contributed by atoms with van der Waals surface area (Å²) in [6.45, 7) is 1.02. The van der Waals surface area contributed by atoms with Crippen LogP contribution in [0.3, 0.4) is 0 Å². The fourth-order valence-electron chi connectivity index (χ4n) is 2.43. The Balaban J connectivity index is 1.91. The molecule has 0 heterocycles. The lowest BCUT2D eigenvalue weighted by atomic mass is 10.0. The maximum absolute atomic E-state index is 5.99. The first-order valence-electron chi connectivity index (χ1n) is 6.86. The van der Waals surface area contributed by atoms with E-state index in [1.165, 1.54) is 0 Å². The molecule has 3 rings (SSSR count). The van der Waals surface area contributed by atoms with E-state index in [0.717, 1.165) is 32.7 Å². The molecule has 0 amide bonds. The van der Waals surface area contributed by atoms with Gasteiger partial charge in [0.25, 0.3) is 0 Å². The van der Waals surface area contributed by atoms with Crippen LogP contribution in [-0.2, 0) is 13.2 Å². The molecule has 0 radical (unpaired) electrons. The van der Waals surface area contributed by atoms with Crippen LogP contribution in [0.15, 0.2) is 60.7 Å². The second kappa shape index (κ2) is 6.17. The van der Waals surface area contributed by atoms with Gasteiger partial charge in [-0.2, -0.15) is 0 Å². The summed E-state index contributed by atoms with van der Waals surface area (Å²) in [5.41, 5.74) is 7.97. The molecule has 2 N–H and O–H groups in total. The summed E-state index contributed by atoms with van der Waals surface area (Å²) >= 11 is 5.99. The van der Waals surface area contributed by atoms with E-state index in [0.29, 0.717) is 13.2 Å². The minimum atomic E-state index is 0.493. The molecule has 0 aromatic heterocycles. The van der Waals surface area contributed by atoms with Crippen LogP contribution < -0.4 is 10.5 Å². The number of fused-ring (bicyclic) bond motifs is 1. The standard InChI is InChI=1S/C18H16ClNO/c19-15-5-3-4-13(10-15)12-21-18-9-8-14(11-20)16-6-1-2-7-17(16)18/h1-10H,11-12,20H2. The highest BCUT2D eigenvalue weighted by Gasteiger charge is 2.06. The Kier molecular flexibility index (Phi) is 4.09. The van der Waals surface area contributed by atoms with Gasteiger partial charge in [0.1, 0.15) is 12.4 Å². The molecule has 0 saturated carbocycles. The molecule has 0 fully saturated rings. The summed E-state index contributed by atoms with van der Waals surface area (Å²) in [7, 11) is 0. The molecule has 2 nitrogen and oxygen atoms in total. The Morgan fingerprint density at radius 3 is 2.48 bits per heavy atom. The van der Waals surface area contributed by atoms with Crippen molar-refractivity contribution in [3.8, 4) is 5.75 Å². The Hall–Kier alpha value is -2.03. The first kappa shape index (κ1) is 13.9. The summed E-state index contributed by atoms with van der Waals surface area (Å²) in [6.07, 6.45) is 0. The predicted octanol–water partition coefficient (Wildman–Crippen LogP) is 4.53. The fourth-order valence-corrected chi connectivity index (χ4v) is 2.64. The van der Waals surface area contributed by atoms with Crippen LogP contribution >= 0.6 is 11.6 Å². The molecule has 0 bridgehead atoms. The van der Waals surface area contributed by atoms with E-state index in [1.807, 2.05) is 48.5 Å². The van der Waals surface area contributed by atoms with Gasteiger partial charge < -0.3 is 10.5 Å². The van der Waals surface area contributed by atoms with E-state index in [1.54, 1.807) is 0 Å². The molecule has 0 unspecified atom stereocenters. The number of halogens is 1.